The zero-order chi connectivity index (χ0) is 14.7. The molecule has 5 rings (SSSR count). The van der Waals surface area contributed by atoms with E-state index in [1.807, 2.05) is 0 Å². The van der Waals surface area contributed by atoms with Gasteiger partial charge >= 0.3 is 0 Å². The summed E-state index contributed by atoms with van der Waals surface area (Å²) in [6.07, 6.45) is 0. The number of carbonyl (C=O) groups is 1. The third-order valence-electron chi connectivity index (χ3n) is 6.37. The number of rotatable bonds is 2. The van der Waals surface area contributed by atoms with Crippen LogP contribution >= 0.6 is 0 Å². The third kappa shape index (κ3) is 1.80. The Hall–Kier alpha value is -1.39. The number of piperidine rings is 1. The fraction of sp³-hybridized carbons (Fsp3) is 0.611. The normalized spacial score (nSPS) is 42.3. The molecule has 1 unspecified atom stereocenters. The maximum atomic E-state index is 13.1. The largest absolute Gasteiger partial charge is 0.335 e. The van der Waals surface area contributed by atoms with Crippen molar-refractivity contribution >= 4 is 5.91 Å². The van der Waals surface area contributed by atoms with Gasteiger partial charge < -0.3 is 15.5 Å². The molecule has 0 bridgehead atoms. The summed E-state index contributed by atoms with van der Waals surface area (Å²) in [4.78, 5) is 15.3. The zero-order valence-electron chi connectivity index (χ0n) is 12.7. The molecule has 6 atom stereocenters. The van der Waals surface area contributed by atoms with Gasteiger partial charge in [0, 0.05) is 31.5 Å². The lowest BCUT2D eigenvalue weighted by Crippen LogP contribution is -2.37. The van der Waals surface area contributed by atoms with E-state index in [4.69, 9.17) is 0 Å². The molecule has 4 fully saturated rings. The Labute approximate surface area is 131 Å². The van der Waals surface area contributed by atoms with Crippen LogP contribution in [0.5, 0.6) is 0 Å². The standard InChI is InChI=1S/C18H23N3O/c22-18(16-14-8-20-9-15(14)16)21-10-12-6-19-7-13(12)17(21)11-4-2-1-3-5-11/h1-5,12-17,19-20H,6-10H2/t12-,13-,14-,15+,16?,17+/m0/s1. The number of nitrogens with zero attached hydrogens (tertiary/aromatic N) is 1. The zero-order valence-corrected chi connectivity index (χ0v) is 12.7. The number of nitrogens with one attached hydrogen (secondary N) is 2. The number of hydrogen-bond donors (Lipinski definition) is 2. The predicted octanol–water partition coefficient (Wildman–Crippen LogP) is 0.871. The Balaban J connectivity index is 1.44. The Bertz CT molecular complexity index is 579. The summed E-state index contributed by atoms with van der Waals surface area (Å²) in [7, 11) is 0. The summed E-state index contributed by atoms with van der Waals surface area (Å²) in [6.45, 7) is 5.14. The van der Waals surface area contributed by atoms with Gasteiger partial charge in [0.25, 0.3) is 0 Å². The molecule has 4 aliphatic rings. The molecule has 0 spiro atoms. The van der Waals surface area contributed by atoms with Crippen molar-refractivity contribution in [2.45, 2.75) is 6.04 Å². The first-order chi connectivity index (χ1) is 10.8. The van der Waals surface area contributed by atoms with Gasteiger partial charge in [-0.15, -0.1) is 0 Å². The van der Waals surface area contributed by atoms with E-state index in [9.17, 15) is 4.79 Å². The number of likely N-dealkylation sites (tertiary alicyclic amines) is 1. The molecule has 0 radical (unpaired) electrons. The molecule has 0 aromatic heterocycles. The highest BCUT2D eigenvalue weighted by molar-refractivity contribution is 5.83. The molecule has 4 heteroatoms. The van der Waals surface area contributed by atoms with Gasteiger partial charge in [-0.2, -0.15) is 0 Å². The van der Waals surface area contributed by atoms with Crippen molar-refractivity contribution in [3.8, 4) is 0 Å². The molecule has 1 aliphatic carbocycles. The van der Waals surface area contributed by atoms with E-state index in [0.717, 1.165) is 32.7 Å². The summed E-state index contributed by atoms with van der Waals surface area (Å²) in [6, 6.07) is 10.9. The number of fused-ring (bicyclic) bond motifs is 2. The lowest BCUT2D eigenvalue weighted by Gasteiger charge is -2.29. The summed E-state index contributed by atoms with van der Waals surface area (Å²) in [5.41, 5.74) is 1.32. The van der Waals surface area contributed by atoms with Crippen molar-refractivity contribution in [3.63, 3.8) is 0 Å². The van der Waals surface area contributed by atoms with Crippen molar-refractivity contribution < 1.29 is 4.79 Å². The Morgan fingerprint density at radius 2 is 1.64 bits per heavy atom. The fourth-order valence-electron chi connectivity index (χ4n) is 5.20. The highest BCUT2D eigenvalue weighted by atomic mass is 16.2. The molecule has 1 saturated carbocycles. The van der Waals surface area contributed by atoms with E-state index in [1.54, 1.807) is 0 Å². The van der Waals surface area contributed by atoms with Crippen LogP contribution in [0.4, 0.5) is 0 Å². The van der Waals surface area contributed by atoms with Gasteiger partial charge in [-0.1, -0.05) is 30.3 Å². The van der Waals surface area contributed by atoms with Gasteiger partial charge in [-0.25, -0.2) is 0 Å². The van der Waals surface area contributed by atoms with Gasteiger partial charge in [0.2, 0.25) is 5.91 Å². The topological polar surface area (TPSA) is 44.4 Å². The summed E-state index contributed by atoms with van der Waals surface area (Å²) in [5.74, 6) is 3.18. The van der Waals surface area contributed by atoms with Gasteiger partial charge in [0.05, 0.1) is 6.04 Å². The second-order valence-electron chi connectivity index (χ2n) is 7.44. The molecule has 3 heterocycles. The van der Waals surface area contributed by atoms with Crippen molar-refractivity contribution in [2.75, 3.05) is 32.7 Å². The average Bonchev–Trinajstić information content (AvgIpc) is 2.98. The van der Waals surface area contributed by atoms with Crippen molar-refractivity contribution in [1.29, 1.82) is 0 Å². The molecule has 1 amide bonds. The molecule has 3 saturated heterocycles. The maximum absolute atomic E-state index is 13.1. The summed E-state index contributed by atoms with van der Waals surface area (Å²) >= 11 is 0. The molecule has 1 aromatic carbocycles. The van der Waals surface area contributed by atoms with Gasteiger partial charge in [0.15, 0.2) is 0 Å². The van der Waals surface area contributed by atoms with E-state index in [0.29, 0.717) is 35.5 Å². The first-order valence-electron chi connectivity index (χ1n) is 8.61. The van der Waals surface area contributed by atoms with Gasteiger partial charge in [-0.3, -0.25) is 4.79 Å². The molecule has 4 nitrogen and oxygen atoms in total. The number of carbonyl (C=O) groups excluding carboxylic acids is 1. The van der Waals surface area contributed by atoms with Crippen molar-refractivity contribution in [1.82, 2.24) is 15.5 Å². The molecule has 22 heavy (non-hydrogen) atoms. The van der Waals surface area contributed by atoms with Crippen LogP contribution in [0.25, 0.3) is 0 Å². The number of benzene rings is 1. The Morgan fingerprint density at radius 3 is 2.41 bits per heavy atom. The van der Waals surface area contributed by atoms with E-state index < -0.39 is 0 Å². The van der Waals surface area contributed by atoms with Crippen molar-refractivity contribution in [2.24, 2.45) is 29.6 Å². The van der Waals surface area contributed by atoms with E-state index in [1.165, 1.54) is 5.56 Å². The van der Waals surface area contributed by atoms with Crippen LogP contribution in [0, 0.1) is 29.6 Å². The molecule has 116 valence electrons. The van der Waals surface area contributed by atoms with Crippen molar-refractivity contribution in [3.05, 3.63) is 35.9 Å². The van der Waals surface area contributed by atoms with Gasteiger partial charge in [-0.05, 0) is 36.4 Å². The molecule has 2 N–H and O–H groups in total. The molecule has 1 aromatic rings. The first-order valence-corrected chi connectivity index (χ1v) is 8.61. The van der Waals surface area contributed by atoms with E-state index in [-0.39, 0.29) is 6.04 Å². The second-order valence-corrected chi connectivity index (χ2v) is 7.44. The van der Waals surface area contributed by atoms with Crippen LogP contribution in [0.3, 0.4) is 0 Å². The average molecular weight is 297 g/mol. The minimum absolute atomic E-state index is 0.281. The van der Waals surface area contributed by atoms with Crippen LogP contribution < -0.4 is 10.6 Å². The SMILES string of the molecule is O=C(C1[C@H]2CNC[C@@H]12)N1C[C@@H]2CNC[C@@H]2[C@H]1c1ccccc1. The highest BCUT2D eigenvalue weighted by Crippen LogP contribution is 2.52. The van der Waals surface area contributed by atoms with E-state index >= 15 is 0 Å². The quantitative estimate of drug-likeness (QED) is 0.851. The molecule has 3 aliphatic heterocycles. The minimum atomic E-state index is 0.281. The fourth-order valence-corrected chi connectivity index (χ4v) is 5.20. The monoisotopic (exact) mass is 297 g/mol. The van der Waals surface area contributed by atoms with Crippen LogP contribution in [-0.4, -0.2) is 43.5 Å². The number of hydrogen-bond acceptors (Lipinski definition) is 3. The lowest BCUT2D eigenvalue weighted by molar-refractivity contribution is -0.134. The predicted molar refractivity (Wildman–Crippen MR) is 84.1 cm³/mol. The lowest BCUT2D eigenvalue weighted by atomic mass is 9.89. The summed E-state index contributed by atoms with van der Waals surface area (Å²) in [5, 5.41) is 6.92. The first kappa shape index (κ1) is 13.1. The van der Waals surface area contributed by atoms with Crippen LogP contribution in [-0.2, 0) is 4.79 Å². The summed E-state index contributed by atoms with van der Waals surface area (Å²) < 4.78 is 0. The van der Waals surface area contributed by atoms with E-state index in [2.05, 4.69) is 45.9 Å². The van der Waals surface area contributed by atoms with Gasteiger partial charge in [0.1, 0.15) is 0 Å². The third-order valence-corrected chi connectivity index (χ3v) is 6.37. The smallest absolute Gasteiger partial charge is 0.226 e. The van der Waals surface area contributed by atoms with Crippen LogP contribution in [0.2, 0.25) is 0 Å². The van der Waals surface area contributed by atoms with Crippen LogP contribution in [0.1, 0.15) is 11.6 Å². The highest BCUT2D eigenvalue weighted by Gasteiger charge is 2.60. The second kappa shape index (κ2) is 4.80. The number of amides is 1. The van der Waals surface area contributed by atoms with Crippen LogP contribution in [0.15, 0.2) is 30.3 Å². The molecular weight excluding hydrogens is 274 g/mol. The Morgan fingerprint density at radius 1 is 0.955 bits per heavy atom. The maximum Gasteiger partial charge on any atom is 0.226 e. The molecular formula is C18H23N3O. The Kier molecular flexibility index (Phi) is 2.86. The minimum Gasteiger partial charge on any atom is -0.335 e.